The minimum Gasteiger partial charge on any atom is -0.450 e. The van der Waals surface area contributed by atoms with Gasteiger partial charge >= 0.3 is 6.09 Å². The number of unbranched alkanes of at least 4 members (excludes halogenated alkanes) is 1. The number of hydrogen-bond acceptors (Lipinski definition) is 5. The summed E-state index contributed by atoms with van der Waals surface area (Å²) in [4.78, 5) is 32.7. The highest BCUT2D eigenvalue weighted by molar-refractivity contribution is 7.75. The van der Waals surface area contributed by atoms with E-state index in [4.69, 9.17) is 10.5 Å². The lowest BCUT2D eigenvalue weighted by molar-refractivity contribution is -0.115. The monoisotopic (exact) mass is 294 g/mol. The van der Waals surface area contributed by atoms with Crippen LogP contribution in [0.1, 0.15) is 33.6 Å². The van der Waals surface area contributed by atoms with Crippen molar-refractivity contribution in [3.05, 3.63) is 0 Å². The fourth-order valence-corrected chi connectivity index (χ4v) is 2.28. The fourth-order valence-electron chi connectivity index (χ4n) is 1.30. The number of carbonyl (C=O) groups is 2. The van der Waals surface area contributed by atoms with Crippen molar-refractivity contribution in [3.8, 4) is 0 Å². The maximum atomic E-state index is 11.8. The van der Waals surface area contributed by atoms with Gasteiger partial charge in [-0.15, -0.1) is 0 Å². The van der Waals surface area contributed by atoms with Gasteiger partial charge in [-0.2, -0.15) is 0 Å². The highest BCUT2D eigenvalue weighted by atomic mass is 31.2. The minimum absolute atomic E-state index is 0.245. The molecule has 0 aliphatic heterocycles. The zero-order valence-electron chi connectivity index (χ0n) is 11.6. The molecule has 8 heteroatoms. The van der Waals surface area contributed by atoms with Gasteiger partial charge in [-0.25, -0.2) is 4.79 Å². The quantitative estimate of drug-likeness (QED) is 0.458. The molecule has 2 atom stereocenters. The number of nitrogens with two attached hydrogens (primary N) is 1. The molecule has 1 amide bonds. The van der Waals surface area contributed by atoms with Crippen molar-refractivity contribution >= 4 is 19.0 Å². The average molecular weight is 294 g/mol. The second-order valence-electron chi connectivity index (χ2n) is 4.58. The number of nitrogens with one attached hydrogen (secondary N) is 1. The van der Waals surface area contributed by atoms with Gasteiger partial charge in [-0.1, -0.05) is 27.2 Å². The number of amides is 1. The van der Waals surface area contributed by atoms with Gasteiger partial charge in [0.1, 0.15) is 6.04 Å². The maximum Gasteiger partial charge on any atom is 0.407 e. The van der Waals surface area contributed by atoms with Gasteiger partial charge < -0.3 is 20.7 Å². The Bertz CT molecular complexity index is 359. The molecule has 1 unspecified atom stereocenters. The summed E-state index contributed by atoms with van der Waals surface area (Å²) in [6.07, 6.45) is 0.188. The molecule has 0 saturated carbocycles. The van der Waals surface area contributed by atoms with Gasteiger partial charge in [0, 0.05) is 0 Å². The van der Waals surface area contributed by atoms with Crippen LogP contribution in [0.4, 0.5) is 4.79 Å². The van der Waals surface area contributed by atoms with Crippen molar-refractivity contribution in [1.29, 1.82) is 0 Å². The Hall–Kier alpha value is -0.910. The van der Waals surface area contributed by atoms with Gasteiger partial charge in [0.25, 0.3) is 7.37 Å². The van der Waals surface area contributed by atoms with E-state index in [1.807, 2.05) is 6.92 Å². The molecular formula is C11H23N2O5P. The number of ether oxygens (including phenoxy) is 1. The SMILES string of the molecule is CCCCOC(=O)N[C@H](C(=O)P(=O)(O)CN)C(C)C. The third-order valence-electron chi connectivity index (χ3n) is 2.53. The Balaban J connectivity index is 4.63. The van der Waals surface area contributed by atoms with E-state index >= 15 is 0 Å². The van der Waals surface area contributed by atoms with Gasteiger partial charge in [0.05, 0.1) is 12.9 Å². The van der Waals surface area contributed by atoms with Crippen LogP contribution in [0.5, 0.6) is 0 Å². The van der Waals surface area contributed by atoms with E-state index in [1.165, 1.54) is 0 Å². The Kier molecular flexibility index (Phi) is 7.90. The van der Waals surface area contributed by atoms with E-state index in [0.717, 1.165) is 12.8 Å². The molecule has 0 fully saturated rings. The molecule has 112 valence electrons. The molecule has 0 aromatic heterocycles. The standard InChI is InChI=1S/C11H23N2O5P/c1-4-5-6-18-11(15)13-9(8(2)3)10(14)19(16,17)7-12/h8-9H,4-7,12H2,1-3H3,(H,13,15)(H,16,17)/t9-/m0/s1. The van der Waals surface area contributed by atoms with E-state index < -0.39 is 31.3 Å². The molecule has 0 bridgehead atoms. The summed E-state index contributed by atoms with van der Waals surface area (Å²) in [6.45, 7) is 5.51. The van der Waals surface area contributed by atoms with Crippen molar-refractivity contribution in [2.75, 3.05) is 12.9 Å². The molecular weight excluding hydrogens is 271 g/mol. The van der Waals surface area contributed by atoms with Crippen molar-refractivity contribution in [2.45, 2.75) is 39.7 Å². The van der Waals surface area contributed by atoms with Crippen LogP contribution in [0.2, 0.25) is 0 Å². The summed E-state index contributed by atoms with van der Waals surface area (Å²) in [5, 5.41) is 2.32. The van der Waals surface area contributed by atoms with Crippen LogP contribution in [-0.2, 0) is 14.1 Å². The lowest BCUT2D eigenvalue weighted by atomic mass is 10.1. The second kappa shape index (κ2) is 8.30. The van der Waals surface area contributed by atoms with E-state index in [0.29, 0.717) is 0 Å². The van der Waals surface area contributed by atoms with Gasteiger partial charge in [-0.05, 0) is 12.3 Å². The minimum atomic E-state index is -4.09. The number of alkyl carbamates (subject to hydrolysis) is 1. The van der Waals surface area contributed by atoms with Crippen LogP contribution in [0, 0.1) is 5.92 Å². The first-order chi connectivity index (χ1) is 8.76. The van der Waals surface area contributed by atoms with Crippen molar-refractivity contribution in [2.24, 2.45) is 11.7 Å². The van der Waals surface area contributed by atoms with E-state index in [-0.39, 0.29) is 12.5 Å². The zero-order valence-corrected chi connectivity index (χ0v) is 12.5. The maximum absolute atomic E-state index is 11.8. The van der Waals surface area contributed by atoms with Crippen molar-refractivity contribution < 1.29 is 23.8 Å². The molecule has 0 spiro atoms. The molecule has 4 N–H and O–H groups in total. The Morgan fingerprint density at radius 3 is 2.42 bits per heavy atom. The summed E-state index contributed by atoms with van der Waals surface area (Å²) in [6, 6.07) is -1.08. The molecule has 7 nitrogen and oxygen atoms in total. The van der Waals surface area contributed by atoms with Crippen LogP contribution < -0.4 is 11.1 Å². The topological polar surface area (TPSA) is 119 Å². The van der Waals surface area contributed by atoms with E-state index in [1.54, 1.807) is 13.8 Å². The lowest BCUT2D eigenvalue weighted by Crippen LogP contribution is -2.45. The zero-order chi connectivity index (χ0) is 15.1. The number of hydrogen-bond donors (Lipinski definition) is 3. The third kappa shape index (κ3) is 6.18. The van der Waals surface area contributed by atoms with Crippen LogP contribution >= 0.6 is 7.37 Å². The van der Waals surface area contributed by atoms with Gasteiger partial charge in [0.2, 0.25) is 5.52 Å². The first kappa shape index (κ1) is 18.1. The highest BCUT2D eigenvalue weighted by Crippen LogP contribution is 2.41. The molecule has 0 aliphatic rings. The molecule has 19 heavy (non-hydrogen) atoms. The average Bonchev–Trinajstić information content (AvgIpc) is 2.35. The van der Waals surface area contributed by atoms with Crippen LogP contribution in [0.3, 0.4) is 0 Å². The normalized spacial score (nSPS) is 15.7. The molecule has 0 radical (unpaired) electrons. The second-order valence-corrected chi connectivity index (χ2v) is 6.79. The molecule has 0 aliphatic carbocycles. The number of carbonyl (C=O) groups excluding carboxylic acids is 2. The van der Waals surface area contributed by atoms with Gasteiger partial charge in [0.15, 0.2) is 0 Å². The first-order valence-corrected chi connectivity index (χ1v) is 8.10. The number of rotatable bonds is 8. The Labute approximate surface area is 113 Å². The molecule has 0 aromatic carbocycles. The highest BCUT2D eigenvalue weighted by Gasteiger charge is 2.37. The van der Waals surface area contributed by atoms with Crippen molar-refractivity contribution in [3.63, 3.8) is 0 Å². The van der Waals surface area contributed by atoms with Gasteiger partial charge in [-0.3, -0.25) is 9.36 Å². The molecule has 0 aromatic rings. The molecule has 0 rings (SSSR count). The predicted octanol–water partition coefficient (Wildman–Crippen LogP) is 1.25. The largest absolute Gasteiger partial charge is 0.450 e. The van der Waals surface area contributed by atoms with Crippen LogP contribution in [0.15, 0.2) is 0 Å². The molecule has 0 saturated heterocycles. The molecule has 0 heterocycles. The van der Waals surface area contributed by atoms with Crippen LogP contribution in [0.25, 0.3) is 0 Å². The smallest absolute Gasteiger partial charge is 0.407 e. The van der Waals surface area contributed by atoms with Crippen LogP contribution in [-0.4, -0.2) is 35.4 Å². The summed E-state index contributed by atoms with van der Waals surface area (Å²) < 4.78 is 16.4. The summed E-state index contributed by atoms with van der Waals surface area (Å²) in [7, 11) is -4.09. The van der Waals surface area contributed by atoms with E-state index in [9.17, 15) is 19.0 Å². The fraction of sp³-hybridized carbons (Fsp3) is 0.818. The third-order valence-corrected chi connectivity index (χ3v) is 3.99. The van der Waals surface area contributed by atoms with E-state index in [2.05, 4.69) is 5.32 Å². The van der Waals surface area contributed by atoms with Crippen molar-refractivity contribution in [1.82, 2.24) is 5.32 Å². The lowest BCUT2D eigenvalue weighted by Gasteiger charge is -2.22. The predicted molar refractivity (Wildman–Crippen MR) is 71.9 cm³/mol. The summed E-state index contributed by atoms with van der Waals surface area (Å²) >= 11 is 0. The summed E-state index contributed by atoms with van der Waals surface area (Å²) in [5.41, 5.74) is 4.15. The first-order valence-electron chi connectivity index (χ1n) is 6.25. The summed E-state index contributed by atoms with van der Waals surface area (Å²) in [5.74, 6) is -0.335. The Morgan fingerprint density at radius 1 is 1.42 bits per heavy atom. The Morgan fingerprint density at radius 2 is 2.00 bits per heavy atom.